The summed E-state index contributed by atoms with van der Waals surface area (Å²) in [5.74, 6) is 1.84. The number of phenols is 2. The number of aromatic nitrogens is 3. The van der Waals surface area contributed by atoms with Gasteiger partial charge in [-0.2, -0.15) is 0 Å². The Kier molecular flexibility index (Phi) is 7.90. The van der Waals surface area contributed by atoms with Gasteiger partial charge in [-0.1, -0.05) is 50.3 Å². The van der Waals surface area contributed by atoms with Crippen molar-refractivity contribution < 1.29 is 10.2 Å². The molecule has 190 valence electrons. The Morgan fingerprint density at radius 2 is 1.69 bits per heavy atom. The van der Waals surface area contributed by atoms with Crippen LogP contribution in [0.1, 0.15) is 68.1 Å². The molecule has 1 aliphatic carbocycles. The molecule has 4 aromatic rings. The van der Waals surface area contributed by atoms with E-state index in [9.17, 15) is 10.2 Å². The second-order valence-corrected chi connectivity index (χ2v) is 11.2. The third-order valence-corrected chi connectivity index (χ3v) is 8.56. The SMILES string of the molecule is Cn1ccnc1SCCCCCCCCCCc1cc(O)cc2c1-c1[nH]c3ccc(O)cc3c1CC2. The van der Waals surface area contributed by atoms with Gasteiger partial charge < -0.3 is 19.8 Å². The van der Waals surface area contributed by atoms with Crippen LogP contribution in [0, 0.1) is 0 Å². The molecule has 36 heavy (non-hydrogen) atoms. The minimum atomic E-state index is 0.310. The average molecular weight is 504 g/mol. The van der Waals surface area contributed by atoms with E-state index in [-0.39, 0.29) is 0 Å². The molecule has 5 nitrogen and oxygen atoms in total. The summed E-state index contributed by atoms with van der Waals surface area (Å²) in [5, 5.41) is 22.6. The monoisotopic (exact) mass is 503 g/mol. The molecule has 3 N–H and O–H groups in total. The Hall–Kier alpha value is -2.86. The van der Waals surface area contributed by atoms with E-state index in [0.29, 0.717) is 11.5 Å². The summed E-state index contributed by atoms with van der Waals surface area (Å²) < 4.78 is 2.09. The van der Waals surface area contributed by atoms with Gasteiger partial charge in [-0.25, -0.2) is 4.98 Å². The third kappa shape index (κ3) is 5.59. The molecule has 0 saturated carbocycles. The van der Waals surface area contributed by atoms with Crippen LogP contribution in [0.4, 0.5) is 0 Å². The van der Waals surface area contributed by atoms with E-state index in [1.54, 1.807) is 6.07 Å². The van der Waals surface area contributed by atoms with Crippen molar-refractivity contribution in [3.05, 3.63) is 59.4 Å². The van der Waals surface area contributed by atoms with E-state index >= 15 is 0 Å². The van der Waals surface area contributed by atoms with Crippen LogP contribution in [-0.2, 0) is 26.3 Å². The predicted octanol–water partition coefficient (Wildman–Crippen LogP) is 7.53. The standard InChI is InChI=1S/C30H37N3O2S/c1-33-16-15-31-30(33)36-17-9-7-5-3-2-4-6-8-10-21-18-24(35)19-22-11-13-25-26-20-23(34)12-14-27(26)32-29(25)28(21)22/h12,14-16,18-20,32,34-35H,2-11,13,17H2,1H3. The number of phenolic OH excluding ortho intramolecular Hbond substituents is 2. The Balaban J connectivity index is 1.08. The summed E-state index contributed by atoms with van der Waals surface area (Å²) in [5.41, 5.74) is 7.28. The molecule has 0 radical (unpaired) electrons. The van der Waals surface area contributed by atoms with Crippen LogP contribution in [0.5, 0.6) is 11.5 Å². The fourth-order valence-corrected chi connectivity index (χ4v) is 6.50. The highest BCUT2D eigenvalue weighted by molar-refractivity contribution is 7.99. The molecular weight excluding hydrogens is 466 g/mol. The normalized spacial score (nSPS) is 12.7. The molecular formula is C30H37N3O2S. The number of thioether (sulfide) groups is 1. The van der Waals surface area contributed by atoms with Crippen molar-refractivity contribution in [3.63, 3.8) is 0 Å². The van der Waals surface area contributed by atoms with Gasteiger partial charge in [0.2, 0.25) is 0 Å². The lowest BCUT2D eigenvalue weighted by Crippen LogP contribution is -2.06. The molecule has 2 aromatic heterocycles. The maximum absolute atomic E-state index is 10.4. The number of aromatic amines is 1. The number of aryl methyl sites for hydroxylation is 4. The van der Waals surface area contributed by atoms with Gasteiger partial charge >= 0.3 is 0 Å². The maximum Gasteiger partial charge on any atom is 0.167 e. The molecule has 0 bridgehead atoms. The third-order valence-electron chi connectivity index (χ3n) is 7.42. The zero-order valence-corrected chi connectivity index (χ0v) is 22.0. The average Bonchev–Trinajstić information content (AvgIpc) is 3.44. The fourth-order valence-electron chi connectivity index (χ4n) is 5.57. The highest BCUT2D eigenvalue weighted by Gasteiger charge is 2.24. The number of nitrogens with zero attached hydrogens (tertiary/aromatic N) is 2. The van der Waals surface area contributed by atoms with Gasteiger partial charge in [0, 0.05) is 41.7 Å². The summed E-state index contributed by atoms with van der Waals surface area (Å²) in [6.45, 7) is 0. The molecule has 2 heterocycles. The van der Waals surface area contributed by atoms with Crippen molar-refractivity contribution >= 4 is 22.7 Å². The predicted molar refractivity (Wildman–Crippen MR) is 149 cm³/mol. The van der Waals surface area contributed by atoms with Gasteiger partial charge in [0.15, 0.2) is 5.16 Å². The quantitative estimate of drug-likeness (QED) is 0.138. The van der Waals surface area contributed by atoms with Crippen LogP contribution in [-0.4, -0.2) is 30.5 Å². The minimum Gasteiger partial charge on any atom is -0.508 e. The van der Waals surface area contributed by atoms with Gasteiger partial charge in [-0.05, 0) is 79.1 Å². The smallest absolute Gasteiger partial charge is 0.167 e. The number of hydrogen-bond acceptors (Lipinski definition) is 4. The van der Waals surface area contributed by atoms with E-state index < -0.39 is 0 Å². The molecule has 0 spiro atoms. The Morgan fingerprint density at radius 3 is 2.47 bits per heavy atom. The van der Waals surface area contributed by atoms with E-state index in [1.165, 1.54) is 72.9 Å². The van der Waals surface area contributed by atoms with E-state index in [2.05, 4.69) is 21.6 Å². The minimum absolute atomic E-state index is 0.310. The van der Waals surface area contributed by atoms with Gasteiger partial charge in [0.25, 0.3) is 0 Å². The number of nitrogens with one attached hydrogen (secondary N) is 1. The van der Waals surface area contributed by atoms with Crippen LogP contribution >= 0.6 is 11.8 Å². The Morgan fingerprint density at radius 1 is 0.917 bits per heavy atom. The number of rotatable bonds is 12. The first-order valence-electron chi connectivity index (χ1n) is 13.4. The molecule has 2 aromatic carbocycles. The number of hydrogen-bond donors (Lipinski definition) is 3. The molecule has 0 aliphatic heterocycles. The number of fused-ring (bicyclic) bond motifs is 5. The van der Waals surface area contributed by atoms with Crippen LogP contribution in [0.2, 0.25) is 0 Å². The molecule has 1 aliphatic rings. The molecule has 0 fully saturated rings. The van der Waals surface area contributed by atoms with Crippen molar-refractivity contribution in [2.24, 2.45) is 7.05 Å². The van der Waals surface area contributed by atoms with E-state index in [4.69, 9.17) is 0 Å². The van der Waals surface area contributed by atoms with Crippen molar-refractivity contribution in [1.82, 2.24) is 14.5 Å². The molecule has 0 amide bonds. The largest absolute Gasteiger partial charge is 0.508 e. The van der Waals surface area contributed by atoms with Crippen LogP contribution in [0.25, 0.3) is 22.2 Å². The van der Waals surface area contributed by atoms with E-state index in [0.717, 1.165) is 47.5 Å². The molecule has 5 rings (SSSR count). The van der Waals surface area contributed by atoms with Gasteiger partial charge in [0.1, 0.15) is 11.5 Å². The second kappa shape index (κ2) is 11.5. The molecule has 6 heteroatoms. The maximum atomic E-state index is 10.4. The highest BCUT2D eigenvalue weighted by atomic mass is 32.2. The first kappa shape index (κ1) is 24.8. The first-order chi connectivity index (χ1) is 17.6. The molecule has 0 atom stereocenters. The topological polar surface area (TPSA) is 74.1 Å². The Bertz CT molecular complexity index is 1320. The summed E-state index contributed by atoms with van der Waals surface area (Å²) in [6, 6.07) is 9.46. The molecule has 0 saturated heterocycles. The lowest BCUT2D eigenvalue weighted by molar-refractivity contribution is 0.473. The van der Waals surface area contributed by atoms with Crippen LogP contribution in [0.3, 0.4) is 0 Å². The number of aromatic hydroxyl groups is 2. The van der Waals surface area contributed by atoms with Crippen molar-refractivity contribution in [1.29, 1.82) is 0 Å². The van der Waals surface area contributed by atoms with Crippen molar-refractivity contribution in [2.45, 2.75) is 75.8 Å². The zero-order valence-electron chi connectivity index (χ0n) is 21.2. The van der Waals surface area contributed by atoms with E-state index in [1.807, 2.05) is 48.4 Å². The highest BCUT2D eigenvalue weighted by Crippen LogP contribution is 2.42. The summed E-state index contributed by atoms with van der Waals surface area (Å²) in [6.07, 6.45) is 16.9. The number of unbranched alkanes of at least 4 members (excludes halogenated alkanes) is 7. The van der Waals surface area contributed by atoms with Crippen LogP contribution in [0.15, 0.2) is 47.9 Å². The van der Waals surface area contributed by atoms with Crippen molar-refractivity contribution in [2.75, 3.05) is 5.75 Å². The first-order valence-corrected chi connectivity index (χ1v) is 14.4. The zero-order chi connectivity index (χ0) is 24.9. The molecule has 0 unspecified atom stereocenters. The van der Waals surface area contributed by atoms with Crippen LogP contribution < -0.4 is 0 Å². The summed E-state index contributed by atoms with van der Waals surface area (Å²) in [7, 11) is 2.05. The lowest BCUT2D eigenvalue weighted by atomic mass is 9.84. The Labute approximate surface area is 218 Å². The number of H-pyrrole nitrogens is 1. The number of benzene rings is 2. The summed E-state index contributed by atoms with van der Waals surface area (Å²) >= 11 is 1.86. The fraction of sp³-hybridized carbons (Fsp3) is 0.433. The second-order valence-electron chi connectivity index (χ2n) is 10.1. The van der Waals surface area contributed by atoms with Gasteiger partial charge in [-0.15, -0.1) is 0 Å². The summed E-state index contributed by atoms with van der Waals surface area (Å²) in [4.78, 5) is 7.98. The number of imidazole rings is 1. The van der Waals surface area contributed by atoms with Gasteiger partial charge in [-0.3, -0.25) is 0 Å². The van der Waals surface area contributed by atoms with Crippen molar-refractivity contribution in [3.8, 4) is 22.8 Å². The lowest BCUT2D eigenvalue weighted by Gasteiger charge is -2.21. The van der Waals surface area contributed by atoms with Gasteiger partial charge in [0.05, 0.1) is 5.69 Å².